The van der Waals surface area contributed by atoms with Crippen molar-refractivity contribution in [1.82, 2.24) is 5.32 Å². The summed E-state index contributed by atoms with van der Waals surface area (Å²) >= 11 is 0. The normalized spacial score (nSPS) is 10.1. The molecular weight excluding hydrogens is 270 g/mol. The van der Waals surface area contributed by atoms with Crippen LogP contribution in [0.3, 0.4) is 0 Å². The fourth-order valence-electron chi connectivity index (χ4n) is 1.85. The molecule has 0 unspecified atom stereocenters. The van der Waals surface area contributed by atoms with Crippen molar-refractivity contribution in [2.75, 3.05) is 6.54 Å². The number of nitrogens with one attached hydrogen (secondary N) is 1. The Morgan fingerprint density at radius 1 is 1.05 bits per heavy atom. The van der Waals surface area contributed by atoms with Crippen molar-refractivity contribution in [3.8, 4) is 0 Å². The Morgan fingerprint density at radius 2 is 1.71 bits per heavy atom. The summed E-state index contributed by atoms with van der Waals surface area (Å²) in [5.41, 5.74) is 1.79. The van der Waals surface area contributed by atoms with Crippen LogP contribution in [0.15, 0.2) is 24.3 Å². The lowest BCUT2D eigenvalue weighted by atomic mass is 10.0. The number of carbonyl (C=O) groups is 3. The van der Waals surface area contributed by atoms with E-state index in [1.165, 1.54) is 5.56 Å². The number of Topliss-reactive ketones (excluding diaryl/α,β-unsaturated/α-hetero) is 1. The fraction of sp³-hybridized carbons (Fsp3) is 0.438. The van der Waals surface area contributed by atoms with E-state index in [2.05, 4.69) is 5.32 Å². The lowest BCUT2D eigenvalue weighted by molar-refractivity contribution is -0.137. The number of carbonyl (C=O) groups excluding carboxylic acids is 2. The highest BCUT2D eigenvalue weighted by Gasteiger charge is 2.09. The van der Waals surface area contributed by atoms with E-state index in [1.807, 2.05) is 19.1 Å². The molecule has 1 rings (SSSR count). The molecule has 1 aromatic carbocycles. The molecule has 0 aliphatic heterocycles. The van der Waals surface area contributed by atoms with Crippen molar-refractivity contribution in [3.05, 3.63) is 35.4 Å². The summed E-state index contributed by atoms with van der Waals surface area (Å²) in [5.74, 6) is -1.16. The first-order valence-corrected chi connectivity index (χ1v) is 7.13. The maximum Gasteiger partial charge on any atom is 0.303 e. The van der Waals surface area contributed by atoms with Crippen LogP contribution >= 0.6 is 0 Å². The molecule has 1 aromatic rings. The van der Waals surface area contributed by atoms with Gasteiger partial charge in [0.1, 0.15) is 0 Å². The van der Waals surface area contributed by atoms with Gasteiger partial charge in [-0.3, -0.25) is 14.4 Å². The second kappa shape index (κ2) is 8.89. The first-order valence-electron chi connectivity index (χ1n) is 7.13. The zero-order valence-electron chi connectivity index (χ0n) is 12.2. The minimum absolute atomic E-state index is 0.0307. The molecular formula is C16H21NO4. The average molecular weight is 291 g/mol. The maximum absolute atomic E-state index is 11.9. The van der Waals surface area contributed by atoms with Crippen molar-refractivity contribution in [2.24, 2.45) is 0 Å². The van der Waals surface area contributed by atoms with E-state index in [-0.39, 0.29) is 31.0 Å². The van der Waals surface area contributed by atoms with Gasteiger partial charge in [-0.15, -0.1) is 0 Å². The highest BCUT2D eigenvalue weighted by atomic mass is 16.4. The van der Waals surface area contributed by atoms with E-state index in [1.54, 1.807) is 12.1 Å². The topological polar surface area (TPSA) is 83.5 Å². The van der Waals surface area contributed by atoms with Crippen LogP contribution in [0, 0.1) is 0 Å². The third-order valence-electron chi connectivity index (χ3n) is 3.15. The molecule has 0 spiro atoms. The zero-order chi connectivity index (χ0) is 15.7. The summed E-state index contributed by atoms with van der Waals surface area (Å²) in [7, 11) is 0. The minimum atomic E-state index is -0.880. The van der Waals surface area contributed by atoms with Crippen LogP contribution in [-0.4, -0.2) is 29.3 Å². The van der Waals surface area contributed by atoms with E-state index in [9.17, 15) is 14.4 Å². The number of hydrogen-bond donors (Lipinski definition) is 2. The molecule has 0 aromatic heterocycles. The molecule has 5 heteroatoms. The van der Waals surface area contributed by atoms with E-state index in [0.29, 0.717) is 18.5 Å². The molecule has 0 saturated heterocycles. The predicted molar refractivity (Wildman–Crippen MR) is 79.3 cm³/mol. The van der Waals surface area contributed by atoms with Gasteiger partial charge in [-0.05, 0) is 18.4 Å². The Balaban J connectivity index is 2.28. The molecule has 0 aliphatic carbocycles. The van der Waals surface area contributed by atoms with Crippen LogP contribution < -0.4 is 5.32 Å². The molecule has 0 radical (unpaired) electrons. The van der Waals surface area contributed by atoms with Crippen molar-refractivity contribution in [3.63, 3.8) is 0 Å². The van der Waals surface area contributed by atoms with Crippen molar-refractivity contribution in [1.29, 1.82) is 0 Å². The van der Waals surface area contributed by atoms with Crippen LogP contribution in [0.5, 0.6) is 0 Å². The molecule has 114 valence electrons. The largest absolute Gasteiger partial charge is 0.481 e. The monoisotopic (exact) mass is 291 g/mol. The van der Waals surface area contributed by atoms with Gasteiger partial charge in [0, 0.05) is 31.4 Å². The molecule has 0 fully saturated rings. The van der Waals surface area contributed by atoms with Crippen LogP contribution in [0.1, 0.15) is 48.5 Å². The van der Waals surface area contributed by atoms with E-state index >= 15 is 0 Å². The molecule has 0 heterocycles. The molecule has 1 amide bonds. The van der Waals surface area contributed by atoms with Gasteiger partial charge >= 0.3 is 5.97 Å². The second-order valence-electron chi connectivity index (χ2n) is 4.82. The van der Waals surface area contributed by atoms with Gasteiger partial charge in [0.15, 0.2) is 5.78 Å². The molecule has 0 saturated carbocycles. The Morgan fingerprint density at radius 3 is 2.29 bits per heavy atom. The highest BCUT2D eigenvalue weighted by molar-refractivity contribution is 5.97. The van der Waals surface area contributed by atoms with E-state index < -0.39 is 5.97 Å². The Hall–Kier alpha value is -2.17. The number of benzene rings is 1. The van der Waals surface area contributed by atoms with Gasteiger partial charge in [-0.2, -0.15) is 0 Å². The number of ketones is 1. The van der Waals surface area contributed by atoms with Gasteiger partial charge in [0.05, 0.1) is 0 Å². The Bertz CT molecular complexity index is 494. The van der Waals surface area contributed by atoms with Crippen LogP contribution in [0.2, 0.25) is 0 Å². The van der Waals surface area contributed by atoms with Crippen molar-refractivity contribution in [2.45, 2.75) is 39.0 Å². The van der Waals surface area contributed by atoms with Gasteiger partial charge in [0.2, 0.25) is 5.91 Å². The smallest absolute Gasteiger partial charge is 0.303 e. The van der Waals surface area contributed by atoms with Crippen LogP contribution in [0.25, 0.3) is 0 Å². The first kappa shape index (κ1) is 16.9. The number of carboxylic acid groups (broad SMARTS) is 1. The first-order chi connectivity index (χ1) is 10.0. The summed E-state index contributed by atoms with van der Waals surface area (Å²) < 4.78 is 0. The highest BCUT2D eigenvalue weighted by Crippen LogP contribution is 2.08. The molecule has 0 atom stereocenters. The van der Waals surface area contributed by atoms with Crippen molar-refractivity contribution < 1.29 is 19.5 Å². The standard InChI is InChI=1S/C16H21NO4/c1-2-12-5-7-13(8-6-12)14(18)9-10-15(19)17-11-3-4-16(20)21/h5-8H,2-4,9-11H2,1H3,(H,17,19)(H,20,21). The summed E-state index contributed by atoms with van der Waals surface area (Å²) in [6.07, 6.45) is 1.64. The van der Waals surface area contributed by atoms with Crippen molar-refractivity contribution >= 4 is 17.7 Å². The number of hydrogen-bond acceptors (Lipinski definition) is 3. The minimum Gasteiger partial charge on any atom is -0.481 e. The summed E-state index contributed by atoms with van der Waals surface area (Å²) in [5, 5.41) is 11.1. The third-order valence-corrected chi connectivity index (χ3v) is 3.15. The summed E-state index contributed by atoms with van der Waals surface area (Å²) in [6.45, 7) is 2.37. The number of carboxylic acids is 1. The lowest BCUT2D eigenvalue weighted by Gasteiger charge is -2.04. The quantitative estimate of drug-likeness (QED) is 0.539. The fourth-order valence-corrected chi connectivity index (χ4v) is 1.85. The van der Waals surface area contributed by atoms with Gasteiger partial charge in [-0.25, -0.2) is 0 Å². The third kappa shape index (κ3) is 6.70. The molecule has 5 nitrogen and oxygen atoms in total. The van der Waals surface area contributed by atoms with E-state index in [0.717, 1.165) is 6.42 Å². The van der Waals surface area contributed by atoms with E-state index in [4.69, 9.17) is 5.11 Å². The number of rotatable bonds is 9. The van der Waals surface area contributed by atoms with Gasteiger partial charge in [-0.1, -0.05) is 31.2 Å². The second-order valence-corrected chi connectivity index (χ2v) is 4.82. The van der Waals surface area contributed by atoms with Gasteiger partial charge < -0.3 is 10.4 Å². The average Bonchev–Trinajstić information content (AvgIpc) is 2.49. The molecule has 0 bridgehead atoms. The lowest BCUT2D eigenvalue weighted by Crippen LogP contribution is -2.25. The SMILES string of the molecule is CCc1ccc(C(=O)CCC(=O)NCCCC(=O)O)cc1. The Labute approximate surface area is 124 Å². The maximum atomic E-state index is 11.9. The summed E-state index contributed by atoms with van der Waals surface area (Å²) in [4.78, 5) is 33.7. The summed E-state index contributed by atoms with van der Waals surface area (Å²) in [6, 6.07) is 7.40. The molecule has 2 N–H and O–H groups in total. The van der Waals surface area contributed by atoms with Crippen LogP contribution in [-0.2, 0) is 16.0 Å². The molecule has 21 heavy (non-hydrogen) atoms. The number of aliphatic carboxylic acids is 1. The molecule has 0 aliphatic rings. The zero-order valence-corrected chi connectivity index (χ0v) is 12.2. The Kier molecular flexibility index (Phi) is 7.15. The van der Waals surface area contributed by atoms with Crippen LogP contribution in [0.4, 0.5) is 0 Å². The number of amides is 1. The number of aryl methyl sites for hydroxylation is 1. The van der Waals surface area contributed by atoms with Gasteiger partial charge in [0.25, 0.3) is 0 Å². The predicted octanol–water partition coefficient (Wildman–Crippen LogP) is 2.19.